The third kappa shape index (κ3) is 6.11. The fraction of sp³-hybridized carbons (Fsp3) is 0.423. The second kappa shape index (κ2) is 9.64. The van der Waals surface area contributed by atoms with Gasteiger partial charge >= 0.3 is 0 Å². The first kappa shape index (κ1) is 21.0. The summed E-state index contributed by atoms with van der Waals surface area (Å²) in [4.78, 5) is 12.3. The van der Waals surface area contributed by atoms with Gasteiger partial charge in [0.25, 0.3) is 5.91 Å². The van der Waals surface area contributed by atoms with E-state index in [1.165, 1.54) is 45.1 Å². The first-order valence-electron chi connectivity index (χ1n) is 10.5. The smallest absolute Gasteiger partial charge is 0.255 e. The number of carbonyl (C=O) groups is 1. The highest BCUT2D eigenvalue weighted by molar-refractivity contribution is 5.98. The normalized spacial score (nSPS) is 16.4. The molecule has 2 aliphatic carbocycles. The lowest BCUT2D eigenvalue weighted by Gasteiger charge is -2.18. The number of carbonyl (C=O) groups excluding carboxylic acids is 1. The summed E-state index contributed by atoms with van der Waals surface area (Å²) in [6.45, 7) is 2.94. The third-order valence-electron chi connectivity index (χ3n) is 5.16. The first-order chi connectivity index (χ1) is 13.9. The number of aliphatic hydroxyl groups is 1. The van der Waals surface area contributed by atoms with E-state index in [2.05, 4.69) is 41.2 Å². The summed E-state index contributed by atoms with van der Waals surface area (Å²) >= 11 is 0. The van der Waals surface area contributed by atoms with Crippen LogP contribution in [-0.2, 0) is 4.79 Å². The van der Waals surface area contributed by atoms with E-state index in [4.69, 9.17) is 0 Å². The molecule has 2 aliphatic rings. The number of benzene rings is 1. The maximum atomic E-state index is 12.3. The molecule has 0 aliphatic heterocycles. The lowest BCUT2D eigenvalue weighted by atomic mass is 9.98. The van der Waals surface area contributed by atoms with E-state index in [1.54, 1.807) is 0 Å². The van der Waals surface area contributed by atoms with Crippen LogP contribution in [0.4, 0.5) is 5.69 Å². The first-order valence-corrected chi connectivity index (χ1v) is 10.5. The number of anilines is 1. The molecule has 0 aromatic heterocycles. The topological polar surface area (TPSA) is 49.3 Å². The Kier molecular flexibility index (Phi) is 6.97. The summed E-state index contributed by atoms with van der Waals surface area (Å²) in [5.74, 6) is 12.6. The third-order valence-corrected chi connectivity index (χ3v) is 5.16. The molecule has 0 radical (unpaired) electrons. The fourth-order valence-electron chi connectivity index (χ4n) is 3.36. The molecule has 1 aromatic carbocycles. The second-order valence-electron chi connectivity index (χ2n) is 8.19. The summed E-state index contributed by atoms with van der Waals surface area (Å²) in [7, 11) is 0. The number of rotatable bonds is 2. The number of hydrogen-bond donors (Lipinski definition) is 2. The molecule has 3 heteroatoms. The Bertz CT molecular complexity index is 952. The van der Waals surface area contributed by atoms with Gasteiger partial charge < -0.3 is 10.4 Å². The van der Waals surface area contributed by atoms with Crippen LogP contribution in [0.25, 0.3) is 0 Å². The minimum Gasteiger partial charge on any atom is -0.381 e. The van der Waals surface area contributed by atoms with Crippen molar-refractivity contribution in [1.29, 1.82) is 0 Å². The molecule has 3 nitrogen and oxygen atoms in total. The highest BCUT2D eigenvalue weighted by atomic mass is 16.3. The van der Waals surface area contributed by atoms with Gasteiger partial charge in [0.2, 0.25) is 0 Å². The van der Waals surface area contributed by atoms with E-state index in [-0.39, 0.29) is 0 Å². The van der Waals surface area contributed by atoms with Crippen LogP contribution in [0.2, 0.25) is 0 Å². The van der Waals surface area contributed by atoms with Gasteiger partial charge in [0.15, 0.2) is 0 Å². The van der Waals surface area contributed by atoms with Gasteiger partial charge in [0.1, 0.15) is 5.60 Å². The minimum absolute atomic E-state index is 0.461. The molecule has 0 atom stereocenters. The lowest BCUT2D eigenvalue weighted by molar-refractivity contribution is -0.130. The van der Waals surface area contributed by atoms with Crippen LogP contribution >= 0.6 is 0 Å². The predicted molar refractivity (Wildman–Crippen MR) is 118 cm³/mol. The number of hydrogen-bond acceptors (Lipinski definition) is 2. The van der Waals surface area contributed by atoms with E-state index in [1.807, 2.05) is 18.2 Å². The van der Waals surface area contributed by atoms with Crippen LogP contribution in [0.5, 0.6) is 0 Å². The highest BCUT2D eigenvalue weighted by Gasteiger charge is 2.24. The number of nitrogens with one attached hydrogen (secondary N) is 1. The molecule has 1 amide bonds. The molecule has 29 heavy (non-hydrogen) atoms. The molecule has 0 spiro atoms. The molecule has 3 rings (SSSR count). The Labute approximate surface area is 174 Å². The lowest BCUT2D eigenvalue weighted by Crippen LogP contribution is -2.36. The number of allylic oxidation sites excluding steroid dienone is 4. The summed E-state index contributed by atoms with van der Waals surface area (Å²) in [6.07, 6.45) is 13.4. The van der Waals surface area contributed by atoms with Crippen molar-refractivity contribution in [2.24, 2.45) is 0 Å². The molecule has 0 bridgehead atoms. The van der Waals surface area contributed by atoms with E-state index in [9.17, 15) is 9.90 Å². The fourth-order valence-corrected chi connectivity index (χ4v) is 3.36. The molecule has 0 saturated heterocycles. The Morgan fingerprint density at radius 3 is 2.10 bits per heavy atom. The van der Waals surface area contributed by atoms with Crippen molar-refractivity contribution in [3.63, 3.8) is 0 Å². The van der Waals surface area contributed by atoms with Gasteiger partial charge in [-0.2, -0.15) is 0 Å². The summed E-state index contributed by atoms with van der Waals surface area (Å²) in [6, 6.07) is 5.62. The van der Waals surface area contributed by atoms with Crippen LogP contribution < -0.4 is 5.32 Å². The predicted octanol–water partition coefficient (Wildman–Crippen LogP) is 5.10. The molecular formula is C26H29NO2. The molecule has 2 N–H and O–H groups in total. The average molecular weight is 388 g/mol. The van der Waals surface area contributed by atoms with Crippen molar-refractivity contribution in [3.05, 3.63) is 52.6 Å². The van der Waals surface area contributed by atoms with Crippen molar-refractivity contribution in [2.75, 3.05) is 5.32 Å². The van der Waals surface area contributed by atoms with E-state index < -0.39 is 11.5 Å². The molecular weight excluding hydrogens is 358 g/mol. The van der Waals surface area contributed by atoms with E-state index >= 15 is 0 Å². The summed E-state index contributed by atoms with van der Waals surface area (Å²) in [5.41, 5.74) is 2.95. The molecule has 1 aromatic rings. The maximum Gasteiger partial charge on any atom is 0.255 e. The Balaban J connectivity index is 1.98. The highest BCUT2D eigenvalue weighted by Crippen LogP contribution is 2.23. The van der Waals surface area contributed by atoms with Crippen LogP contribution in [0, 0.1) is 23.7 Å². The van der Waals surface area contributed by atoms with Crippen LogP contribution in [0.3, 0.4) is 0 Å². The van der Waals surface area contributed by atoms with E-state index in [0.29, 0.717) is 11.3 Å². The van der Waals surface area contributed by atoms with Gasteiger partial charge in [0, 0.05) is 5.56 Å². The van der Waals surface area contributed by atoms with Crippen molar-refractivity contribution < 1.29 is 9.90 Å². The quantitative estimate of drug-likeness (QED) is 0.694. The van der Waals surface area contributed by atoms with Gasteiger partial charge in [-0.25, -0.2) is 0 Å². The van der Waals surface area contributed by atoms with Gasteiger partial charge in [-0.3, -0.25) is 4.79 Å². The van der Waals surface area contributed by atoms with Gasteiger partial charge in [-0.1, -0.05) is 41.9 Å². The van der Waals surface area contributed by atoms with E-state index in [0.717, 1.165) is 36.8 Å². The zero-order chi connectivity index (χ0) is 20.7. The Morgan fingerprint density at radius 1 is 0.931 bits per heavy atom. The standard InChI is InChI=1S/C26H29NO2/c1-26(2,29)25(28)27-24-15-9-14-22(18-16-20-10-5-3-6-11-20)23(24)19-17-21-12-7-4-8-13-21/h9-10,12,14-15,29H,3-8,11,13H2,1-2H3,(H,27,28). The SMILES string of the molecule is CC(C)(O)C(=O)Nc1cccc(C#CC2=CCCCC2)c1C#CC1=CCCCC1. The summed E-state index contributed by atoms with van der Waals surface area (Å²) < 4.78 is 0. The molecule has 150 valence electrons. The molecule has 0 fully saturated rings. The van der Waals surface area contributed by atoms with Gasteiger partial charge in [0.05, 0.1) is 11.3 Å². The van der Waals surface area contributed by atoms with Crippen LogP contribution in [-0.4, -0.2) is 16.6 Å². The molecule has 0 saturated carbocycles. The number of amides is 1. The largest absolute Gasteiger partial charge is 0.381 e. The molecule has 0 unspecified atom stereocenters. The van der Waals surface area contributed by atoms with Gasteiger partial charge in [-0.05, 0) is 88.5 Å². The maximum absolute atomic E-state index is 12.3. The minimum atomic E-state index is -1.47. The Morgan fingerprint density at radius 2 is 1.55 bits per heavy atom. The monoisotopic (exact) mass is 387 g/mol. The molecule has 0 heterocycles. The van der Waals surface area contributed by atoms with Crippen molar-refractivity contribution in [3.8, 4) is 23.7 Å². The zero-order valence-electron chi connectivity index (χ0n) is 17.4. The van der Waals surface area contributed by atoms with Crippen molar-refractivity contribution >= 4 is 11.6 Å². The van der Waals surface area contributed by atoms with Crippen LogP contribution in [0.1, 0.15) is 76.3 Å². The Hall–Kier alpha value is -2.75. The second-order valence-corrected chi connectivity index (χ2v) is 8.19. The van der Waals surface area contributed by atoms with Crippen LogP contribution in [0.15, 0.2) is 41.5 Å². The van der Waals surface area contributed by atoms with Gasteiger partial charge in [-0.15, -0.1) is 0 Å². The zero-order valence-corrected chi connectivity index (χ0v) is 17.4. The van der Waals surface area contributed by atoms with Crippen molar-refractivity contribution in [1.82, 2.24) is 0 Å². The average Bonchev–Trinajstić information content (AvgIpc) is 2.72. The summed E-state index contributed by atoms with van der Waals surface area (Å²) in [5, 5.41) is 12.8. The van der Waals surface area contributed by atoms with Crippen molar-refractivity contribution in [2.45, 2.75) is 70.8 Å².